The molecular weight excluding hydrogens is 340 g/mol. The molecule has 0 aliphatic heterocycles. The number of nitrogens with zero attached hydrogens (tertiary/aromatic N) is 2. The van der Waals surface area contributed by atoms with Crippen molar-refractivity contribution >= 4 is 0 Å². The second kappa shape index (κ2) is 7.61. The number of rotatable bonds is 5. The summed E-state index contributed by atoms with van der Waals surface area (Å²) in [5.74, 6) is 0. The summed E-state index contributed by atoms with van der Waals surface area (Å²) in [4.78, 5) is 9.25. The highest BCUT2D eigenvalue weighted by molar-refractivity contribution is 5.36. The molecule has 0 saturated carbocycles. The Kier molecular flexibility index (Phi) is 6.14. The molecule has 0 amide bonds. The maximum absolute atomic E-state index is 4.84. The van der Waals surface area contributed by atoms with Gasteiger partial charge in [-0.15, -0.1) is 0 Å². The highest BCUT2D eigenvalue weighted by Gasteiger charge is 2.34. The lowest BCUT2D eigenvalue weighted by molar-refractivity contribution is 0.358. The fourth-order valence-corrected chi connectivity index (χ4v) is 4.01. The average Bonchev–Trinajstić information content (AvgIpc) is 2.59. The van der Waals surface area contributed by atoms with Crippen LogP contribution in [0.2, 0.25) is 0 Å². The number of hydrogen-bond donors (Lipinski definition) is 0. The van der Waals surface area contributed by atoms with E-state index in [9.17, 15) is 0 Å². The van der Waals surface area contributed by atoms with Crippen LogP contribution in [0, 0.1) is 0 Å². The zero-order chi connectivity index (χ0) is 21.4. The van der Waals surface area contributed by atoms with Crippen molar-refractivity contribution in [2.75, 3.05) is 0 Å². The Morgan fingerprint density at radius 1 is 0.643 bits per heavy atom. The molecule has 0 radical (unpaired) electrons. The fraction of sp³-hybridized carbons (Fsp3) is 0.615. The van der Waals surface area contributed by atoms with Crippen molar-refractivity contribution in [3.8, 4) is 0 Å². The molecule has 2 rings (SSSR count). The third-order valence-corrected chi connectivity index (χ3v) is 5.99. The van der Waals surface area contributed by atoms with Crippen molar-refractivity contribution in [2.24, 2.45) is 0 Å². The van der Waals surface area contributed by atoms with E-state index in [0.29, 0.717) is 0 Å². The first-order valence-electron chi connectivity index (χ1n) is 10.6. The quantitative estimate of drug-likeness (QED) is 0.552. The standard InChI is InChI=1S/C26H40N2/c1-23(2,3)20-12-11-16-28-22(20)26(9,10)15-14-25(7,8)19-13-17-27-18-21(19)24(4,5)6/h11-13,16-18H,14-15H2,1-10H3. The predicted octanol–water partition coefficient (Wildman–Crippen LogP) is 7.11. The summed E-state index contributed by atoms with van der Waals surface area (Å²) in [5, 5.41) is 0. The normalized spacial score (nSPS) is 13.6. The van der Waals surface area contributed by atoms with Crippen LogP contribution in [0.25, 0.3) is 0 Å². The van der Waals surface area contributed by atoms with Gasteiger partial charge in [0.05, 0.1) is 0 Å². The Balaban J connectivity index is 2.34. The second-order valence-corrected chi connectivity index (χ2v) is 11.6. The Morgan fingerprint density at radius 3 is 1.79 bits per heavy atom. The fourth-order valence-electron chi connectivity index (χ4n) is 4.01. The summed E-state index contributed by atoms with van der Waals surface area (Å²) >= 11 is 0. The van der Waals surface area contributed by atoms with Crippen molar-refractivity contribution in [2.45, 2.75) is 104 Å². The summed E-state index contributed by atoms with van der Waals surface area (Å²) in [6, 6.07) is 6.53. The summed E-state index contributed by atoms with van der Waals surface area (Å²) < 4.78 is 0. The van der Waals surface area contributed by atoms with E-state index >= 15 is 0 Å². The molecule has 2 heterocycles. The largest absolute Gasteiger partial charge is 0.264 e. The molecule has 2 aromatic rings. The maximum Gasteiger partial charge on any atom is 0.0497 e. The van der Waals surface area contributed by atoms with E-state index in [0.717, 1.165) is 12.8 Å². The first-order valence-corrected chi connectivity index (χ1v) is 10.6. The summed E-state index contributed by atoms with van der Waals surface area (Å²) in [6.07, 6.45) is 8.13. The van der Waals surface area contributed by atoms with E-state index in [2.05, 4.69) is 98.6 Å². The maximum atomic E-state index is 4.84. The number of hydrogen-bond acceptors (Lipinski definition) is 2. The van der Waals surface area contributed by atoms with E-state index in [1.54, 1.807) is 0 Å². The van der Waals surface area contributed by atoms with Crippen molar-refractivity contribution in [3.63, 3.8) is 0 Å². The van der Waals surface area contributed by atoms with Gasteiger partial charge in [0.1, 0.15) is 0 Å². The van der Waals surface area contributed by atoms with Gasteiger partial charge in [-0.2, -0.15) is 0 Å². The van der Waals surface area contributed by atoms with E-state index in [4.69, 9.17) is 4.98 Å². The molecule has 2 nitrogen and oxygen atoms in total. The van der Waals surface area contributed by atoms with Crippen molar-refractivity contribution < 1.29 is 0 Å². The van der Waals surface area contributed by atoms with E-state index in [1.807, 2.05) is 12.4 Å². The lowest BCUT2D eigenvalue weighted by Gasteiger charge is -2.36. The average molecular weight is 381 g/mol. The lowest BCUT2D eigenvalue weighted by atomic mass is 9.69. The lowest BCUT2D eigenvalue weighted by Crippen LogP contribution is -2.30. The predicted molar refractivity (Wildman–Crippen MR) is 121 cm³/mol. The first-order chi connectivity index (χ1) is 12.7. The molecule has 28 heavy (non-hydrogen) atoms. The van der Waals surface area contributed by atoms with Gasteiger partial charge in [0, 0.05) is 29.7 Å². The van der Waals surface area contributed by atoms with Gasteiger partial charge in [-0.3, -0.25) is 9.97 Å². The zero-order valence-electron chi connectivity index (χ0n) is 19.8. The first kappa shape index (κ1) is 22.6. The van der Waals surface area contributed by atoms with Crippen LogP contribution in [-0.4, -0.2) is 9.97 Å². The van der Waals surface area contributed by atoms with E-state index in [1.165, 1.54) is 22.4 Å². The Labute approximate surface area is 173 Å². The zero-order valence-corrected chi connectivity index (χ0v) is 19.8. The molecule has 2 heteroatoms. The summed E-state index contributed by atoms with van der Waals surface area (Å²) in [6.45, 7) is 23.1. The van der Waals surface area contributed by atoms with Gasteiger partial charge in [0.15, 0.2) is 0 Å². The van der Waals surface area contributed by atoms with Crippen LogP contribution in [0.4, 0.5) is 0 Å². The van der Waals surface area contributed by atoms with Gasteiger partial charge in [-0.1, -0.05) is 75.3 Å². The van der Waals surface area contributed by atoms with Crippen LogP contribution in [0.5, 0.6) is 0 Å². The van der Waals surface area contributed by atoms with Gasteiger partial charge < -0.3 is 0 Å². The van der Waals surface area contributed by atoms with Gasteiger partial charge in [0.25, 0.3) is 0 Å². The van der Waals surface area contributed by atoms with Crippen molar-refractivity contribution in [1.29, 1.82) is 0 Å². The molecule has 0 aromatic carbocycles. The number of pyridine rings is 2. The molecule has 0 unspecified atom stereocenters. The second-order valence-electron chi connectivity index (χ2n) is 11.6. The van der Waals surface area contributed by atoms with Gasteiger partial charge in [-0.25, -0.2) is 0 Å². The third-order valence-electron chi connectivity index (χ3n) is 5.99. The summed E-state index contributed by atoms with van der Waals surface area (Å²) in [5.41, 5.74) is 5.67. The van der Waals surface area contributed by atoms with Crippen LogP contribution in [0.15, 0.2) is 36.8 Å². The van der Waals surface area contributed by atoms with E-state index in [-0.39, 0.29) is 21.7 Å². The minimum atomic E-state index is 0.0239. The summed E-state index contributed by atoms with van der Waals surface area (Å²) in [7, 11) is 0. The molecule has 0 spiro atoms. The van der Waals surface area contributed by atoms with Crippen molar-refractivity contribution in [3.05, 3.63) is 59.2 Å². The molecule has 2 aromatic heterocycles. The third kappa shape index (κ3) is 5.01. The van der Waals surface area contributed by atoms with Gasteiger partial charge in [0.2, 0.25) is 0 Å². The Morgan fingerprint density at radius 2 is 1.21 bits per heavy atom. The molecule has 0 saturated heterocycles. The smallest absolute Gasteiger partial charge is 0.0497 e. The molecule has 0 fully saturated rings. The van der Waals surface area contributed by atoms with Crippen LogP contribution >= 0.6 is 0 Å². The minimum absolute atomic E-state index is 0.0239. The van der Waals surface area contributed by atoms with Crippen LogP contribution in [0.3, 0.4) is 0 Å². The molecule has 0 N–H and O–H groups in total. The van der Waals surface area contributed by atoms with Crippen molar-refractivity contribution in [1.82, 2.24) is 9.97 Å². The Bertz CT molecular complexity index is 732. The monoisotopic (exact) mass is 380 g/mol. The molecule has 154 valence electrons. The van der Waals surface area contributed by atoms with Crippen LogP contribution in [-0.2, 0) is 21.7 Å². The SMILES string of the molecule is CC(C)(C)c1cnccc1C(C)(C)CCC(C)(C)c1ncccc1C(C)(C)C. The topological polar surface area (TPSA) is 25.8 Å². The highest BCUT2D eigenvalue weighted by Crippen LogP contribution is 2.41. The number of aromatic nitrogens is 2. The molecule has 0 aliphatic carbocycles. The molecular formula is C26H40N2. The van der Waals surface area contributed by atoms with Crippen LogP contribution < -0.4 is 0 Å². The van der Waals surface area contributed by atoms with E-state index < -0.39 is 0 Å². The Hall–Kier alpha value is -1.70. The van der Waals surface area contributed by atoms with Gasteiger partial charge >= 0.3 is 0 Å². The molecule has 0 bridgehead atoms. The van der Waals surface area contributed by atoms with Crippen LogP contribution in [0.1, 0.15) is 104 Å². The minimum Gasteiger partial charge on any atom is -0.264 e. The molecule has 0 atom stereocenters. The highest BCUT2D eigenvalue weighted by atomic mass is 14.7. The van der Waals surface area contributed by atoms with Gasteiger partial charge in [-0.05, 0) is 57.9 Å². The molecule has 0 aliphatic rings.